The highest BCUT2D eigenvalue weighted by molar-refractivity contribution is 6.14. The van der Waals surface area contributed by atoms with Crippen LogP contribution in [0.5, 0.6) is 0 Å². The van der Waals surface area contributed by atoms with E-state index in [4.69, 9.17) is 31.1 Å². The second-order valence-corrected chi connectivity index (χ2v) is 15.2. The number of alkyl halides is 3. The number of nitrogens with one attached hydrogen (secondary N) is 1. The first-order valence-electron chi connectivity index (χ1n) is 19.3. The molecule has 0 unspecified atom stereocenters. The van der Waals surface area contributed by atoms with Gasteiger partial charge in [0.15, 0.2) is 0 Å². The second kappa shape index (κ2) is 22.6. The number of carboxylic acids is 1. The van der Waals surface area contributed by atoms with E-state index in [2.05, 4.69) is 5.32 Å². The highest BCUT2D eigenvalue weighted by Gasteiger charge is 2.40. The van der Waals surface area contributed by atoms with E-state index in [0.717, 1.165) is 35.9 Å². The first kappa shape index (κ1) is 51.0. The van der Waals surface area contributed by atoms with Gasteiger partial charge in [0.25, 0.3) is 11.8 Å². The van der Waals surface area contributed by atoms with Crippen LogP contribution in [-0.4, -0.2) is 116 Å². The number of benzene rings is 2. The molecule has 4 rings (SSSR count). The predicted molar refractivity (Wildman–Crippen MR) is 212 cm³/mol. The Bertz CT molecular complexity index is 2140. The van der Waals surface area contributed by atoms with Crippen molar-refractivity contribution >= 4 is 41.5 Å². The fourth-order valence-corrected chi connectivity index (χ4v) is 6.22. The summed E-state index contributed by atoms with van der Waals surface area (Å²) >= 11 is 0. The zero-order chi connectivity index (χ0) is 47.2. The van der Waals surface area contributed by atoms with Gasteiger partial charge in [-0.1, -0.05) is 51.1 Å². The van der Waals surface area contributed by atoms with Gasteiger partial charge in [0.2, 0.25) is 11.8 Å². The number of esters is 2. The smallest absolute Gasteiger partial charge is 0.475 e. The summed E-state index contributed by atoms with van der Waals surface area (Å²) in [5.41, 5.74) is 11.8. The largest absolute Gasteiger partial charge is 0.490 e. The molecule has 1 aliphatic rings. The van der Waals surface area contributed by atoms with Crippen LogP contribution in [0.2, 0.25) is 0 Å². The van der Waals surface area contributed by atoms with Crippen LogP contribution in [0.25, 0.3) is 11.3 Å². The monoisotopic (exact) mass is 893 g/mol. The van der Waals surface area contributed by atoms with Crippen LogP contribution < -0.4 is 16.8 Å². The number of rotatable bonds is 18. The number of hydrogen-bond donors (Lipinski definition) is 5. The molecular formula is C41H48F5N7O10. The third-order valence-corrected chi connectivity index (χ3v) is 9.24. The van der Waals surface area contributed by atoms with Gasteiger partial charge in [-0.2, -0.15) is 13.2 Å². The molecule has 0 radical (unpaired) electrons. The molecule has 1 aliphatic heterocycles. The van der Waals surface area contributed by atoms with Gasteiger partial charge in [0, 0.05) is 37.0 Å². The standard InChI is InChI=1S/C39H47F2N7O8.C2HF3O2/c1-39(2,3)35(36-45-30(26-19-25(40)12-13-27(26)41)21-46(36)20-24-9-5-4-6-10-24)47(34(53)23-49)18-16-28(43)37(54)56-38(55)29(11-7-8-17-42)44-31(50)22-48-32(51)14-15-33(48)52;3-2(4,5)1(6)7/h4-6,9-10,12-15,19,21,28-29,35,49H,7-8,11,16-18,20,22-23,42-43H2,1-3H3,(H,44,50);(H,6,7)/t28-,29-,35-;/m0./s1. The summed E-state index contributed by atoms with van der Waals surface area (Å²) in [5.74, 6) is -9.17. The van der Waals surface area contributed by atoms with Crippen LogP contribution in [0, 0.1) is 17.0 Å². The van der Waals surface area contributed by atoms with E-state index in [1.54, 1.807) is 10.8 Å². The van der Waals surface area contributed by atoms with Gasteiger partial charge in [-0.25, -0.2) is 28.1 Å². The number of unbranched alkanes of at least 4 members (excludes halogenated alkanes) is 1. The number of amides is 4. The van der Waals surface area contributed by atoms with E-state index >= 15 is 4.39 Å². The molecule has 63 heavy (non-hydrogen) atoms. The van der Waals surface area contributed by atoms with Crippen molar-refractivity contribution in [2.75, 3.05) is 26.2 Å². The molecule has 1 aromatic heterocycles. The first-order valence-corrected chi connectivity index (χ1v) is 19.3. The normalized spacial score (nSPS) is 14.0. The Kier molecular flexibility index (Phi) is 18.3. The Hall–Kier alpha value is -6.39. The summed E-state index contributed by atoms with van der Waals surface area (Å²) in [6, 6.07) is 8.49. The molecule has 0 spiro atoms. The second-order valence-electron chi connectivity index (χ2n) is 15.2. The number of aliphatic carboxylic acids is 1. The third kappa shape index (κ3) is 14.9. The number of aliphatic hydroxyl groups is 1. The molecule has 3 aromatic rings. The fraction of sp³-hybridized carbons (Fsp3) is 0.415. The maximum absolute atomic E-state index is 15.0. The molecular weight excluding hydrogens is 845 g/mol. The van der Waals surface area contributed by atoms with Gasteiger partial charge in [-0.05, 0) is 61.4 Å². The molecule has 4 amide bonds. The number of aromatic nitrogens is 2. The molecule has 0 aliphatic carbocycles. The van der Waals surface area contributed by atoms with Crippen molar-refractivity contribution < 1.29 is 70.5 Å². The fourth-order valence-electron chi connectivity index (χ4n) is 6.22. The number of carbonyl (C=O) groups is 7. The number of aliphatic hydroxyl groups excluding tert-OH is 1. The molecule has 342 valence electrons. The molecule has 0 saturated heterocycles. The topological polar surface area (TPSA) is 258 Å². The highest BCUT2D eigenvalue weighted by atomic mass is 19.4. The minimum absolute atomic E-state index is 0.0214. The molecule has 7 N–H and O–H groups in total. The lowest BCUT2D eigenvalue weighted by atomic mass is 9.84. The van der Waals surface area contributed by atoms with Crippen molar-refractivity contribution in [1.29, 1.82) is 0 Å². The lowest BCUT2D eigenvalue weighted by Gasteiger charge is -2.40. The summed E-state index contributed by atoms with van der Waals surface area (Å²) in [5, 5.41) is 19.6. The Morgan fingerprint density at radius 1 is 0.937 bits per heavy atom. The number of nitrogens with two attached hydrogens (primary N) is 2. The third-order valence-electron chi connectivity index (χ3n) is 9.24. The van der Waals surface area contributed by atoms with E-state index in [1.165, 1.54) is 4.90 Å². The van der Waals surface area contributed by atoms with Crippen LogP contribution in [0.4, 0.5) is 22.0 Å². The number of halogens is 5. The Labute approximate surface area is 357 Å². The Morgan fingerprint density at radius 2 is 1.56 bits per heavy atom. The summed E-state index contributed by atoms with van der Waals surface area (Å²) in [6.07, 6.45) is -0.918. The molecule has 17 nitrogen and oxygen atoms in total. The SMILES string of the molecule is CC(C)(C)[C@H](c1nc(-c2cc(F)ccc2F)cn1Cc1ccccc1)N(CC[C@H](N)C(=O)OC(=O)[C@H](CCCCN)NC(=O)CN1C(=O)C=CC1=O)C(=O)CO.O=C(O)C(F)(F)F. The van der Waals surface area contributed by atoms with E-state index in [9.17, 15) is 51.4 Å². The average Bonchev–Trinajstić information content (AvgIpc) is 3.76. The minimum atomic E-state index is -5.08. The number of imide groups is 1. The molecule has 2 heterocycles. The van der Waals surface area contributed by atoms with Gasteiger partial charge in [0.1, 0.15) is 42.7 Å². The Balaban J connectivity index is 0.00000139. The average molecular weight is 894 g/mol. The van der Waals surface area contributed by atoms with Crippen LogP contribution in [0.3, 0.4) is 0 Å². The number of carboxylic acid groups (broad SMARTS) is 1. The minimum Gasteiger partial charge on any atom is -0.475 e. The predicted octanol–water partition coefficient (Wildman–Crippen LogP) is 2.74. The van der Waals surface area contributed by atoms with E-state index < -0.39 is 96.0 Å². The number of carbonyl (C=O) groups excluding carboxylic acids is 6. The van der Waals surface area contributed by atoms with Crippen molar-refractivity contribution in [1.82, 2.24) is 24.7 Å². The molecule has 3 atom stereocenters. The van der Waals surface area contributed by atoms with Gasteiger partial charge < -0.3 is 41.2 Å². The number of hydrogen-bond acceptors (Lipinski definition) is 12. The number of imidazole rings is 1. The van der Waals surface area contributed by atoms with E-state index in [1.807, 2.05) is 51.1 Å². The number of nitrogens with zero attached hydrogens (tertiary/aromatic N) is 4. The lowest BCUT2D eigenvalue weighted by molar-refractivity contribution is -0.192. The van der Waals surface area contributed by atoms with Crippen molar-refractivity contribution in [2.24, 2.45) is 16.9 Å². The zero-order valence-corrected chi connectivity index (χ0v) is 34.4. The summed E-state index contributed by atoms with van der Waals surface area (Å²) < 4.78 is 67.8. The van der Waals surface area contributed by atoms with Crippen molar-refractivity contribution in [3.63, 3.8) is 0 Å². The lowest BCUT2D eigenvalue weighted by Crippen LogP contribution is -2.49. The molecule has 0 bridgehead atoms. The van der Waals surface area contributed by atoms with Gasteiger partial charge >= 0.3 is 24.1 Å². The highest BCUT2D eigenvalue weighted by Crippen LogP contribution is 2.39. The van der Waals surface area contributed by atoms with Crippen LogP contribution in [0.1, 0.15) is 63.9 Å². The maximum atomic E-state index is 15.0. The summed E-state index contributed by atoms with van der Waals surface area (Å²) in [7, 11) is 0. The molecule has 2 aromatic carbocycles. The van der Waals surface area contributed by atoms with Gasteiger partial charge in [-0.3, -0.25) is 24.1 Å². The summed E-state index contributed by atoms with van der Waals surface area (Å²) in [4.78, 5) is 91.9. The maximum Gasteiger partial charge on any atom is 0.490 e. The zero-order valence-electron chi connectivity index (χ0n) is 34.4. The van der Waals surface area contributed by atoms with Crippen LogP contribution in [-0.2, 0) is 44.8 Å². The molecule has 0 saturated carbocycles. The van der Waals surface area contributed by atoms with E-state index in [0.29, 0.717) is 17.7 Å². The number of ether oxygens (including phenoxy) is 1. The van der Waals surface area contributed by atoms with Crippen molar-refractivity contribution in [2.45, 2.75) is 77.3 Å². The quantitative estimate of drug-likeness (QED) is 0.0405. The Morgan fingerprint density at radius 3 is 2.11 bits per heavy atom. The van der Waals surface area contributed by atoms with E-state index in [-0.39, 0.29) is 49.6 Å². The molecule has 0 fully saturated rings. The van der Waals surface area contributed by atoms with Gasteiger partial charge in [0.05, 0.1) is 11.7 Å². The molecule has 22 heteroatoms. The van der Waals surface area contributed by atoms with Crippen molar-refractivity contribution in [3.8, 4) is 11.3 Å². The first-order chi connectivity index (χ1) is 29.5. The van der Waals surface area contributed by atoms with Gasteiger partial charge in [-0.15, -0.1) is 0 Å². The van der Waals surface area contributed by atoms with Crippen LogP contribution >= 0.6 is 0 Å². The summed E-state index contributed by atoms with van der Waals surface area (Å²) in [6.45, 7) is 4.14. The van der Waals surface area contributed by atoms with Crippen molar-refractivity contribution in [3.05, 3.63) is 89.9 Å². The van der Waals surface area contributed by atoms with Crippen LogP contribution in [0.15, 0.2) is 66.9 Å².